The van der Waals surface area contributed by atoms with E-state index in [1.54, 1.807) is 0 Å². The van der Waals surface area contributed by atoms with Gasteiger partial charge in [0.15, 0.2) is 0 Å². The molecule has 2 nitrogen and oxygen atoms in total. The van der Waals surface area contributed by atoms with Gasteiger partial charge in [-0.2, -0.15) is 0 Å². The fourth-order valence-corrected chi connectivity index (χ4v) is 1.23. The zero-order valence-corrected chi connectivity index (χ0v) is 8.83. The molecular weight excluding hydrogens is 160 g/mol. The summed E-state index contributed by atoms with van der Waals surface area (Å²) in [6, 6.07) is 9.04. The lowest BCUT2D eigenvalue weighted by Gasteiger charge is -2.15. The predicted molar refractivity (Wildman–Crippen MR) is 58.2 cm³/mol. The lowest BCUT2D eigenvalue weighted by atomic mass is 10.1. The van der Waals surface area contributed by atoms with Gasteiger partial charge < -0.3 is 10.2 Å². The van der Waals surface area contributed by atoms with Crippen LogP contribution in [-0.2, 0) is 0 Å². The summed E-state index contributed by atoms with van der Waals surface area (Å²) in [6.45, 7) is 2.16. The SMILES string of the molecule is CNC(C)c1ccc(N(C)C)cc1. The molecule has 0 fully saturated rings. The van der Waals surface area contributed by atoms with Gasteiger partial charge in [0.05, 0.1) is 0 Å². The monoisotopic (exact) mass is 178 g/mol. The van der Waals surface area contributed by atoms with Crippen LogP contribution >= 0.6 is 0 Å². The lowest BCUT2D eigenvalue weighted by molar-refractivity contribution is 0.652. The first kappa shape index (κ1) is 10.1. The number of nitrogens with one attached hydrogen (secondary N) is 1. The second kappa shape index (κ2) is 4.28. The molecule has 0 aliphatic heterocycles. The second-order valence-corrected chi connectivity index (χ2v) is 3.50. The van der Waals surface area contributed by atoms with Crippen molar-refractivity contribution in [1.82, 2.24) is 5.32 Å². The van der Waals surface area contributed by atoms with E-state index in [0.29, 0.717) is 6.04 Å². The molecule has 13 heavy (non-hydrogen) atoms. The van der Waals surface area contributed by atoms with Gasteiger partial charge in [0.1, 0.15) is 0 Å². The van der Waals surface area contributed by atoms with Crippen molar-refractivity contribution in [2.24, 2.45) is 0 Å². The molecule has 0 aliphatic rings. The zero-order valence-electron chi connectivity index (χ0n) is 8.83. The Hall–Kier alpha value is -1.02. The number of hydrogen-bond acceptors (Lipinski definition) is 2. The Morgan fingerprint density at radius 3 is 2.08 bits per heavy atom. The van der Waals surface area contributed by atoms with Crippen molar-refractivity contribution in [3.05, 3.63) is 29.8 Å². The Bertz CT molecular complexity index is 251. The van der Waals surface area contributed by atoms with Gasteiger partial charge in [-0.3, -0.25) is 0 Å². The Kier molecular flexibility index (Phi) is 3.32. The van der Waals surface area contributed by atoms with Crippen molar-refractivity contribution in [3.8, 4) is 0 Å². The molecule has 1 rings (SSSR count). The fraction of sp³-hybridized carbons (Fsp3) is 0.455. The van der Waals surface area contributed by atoms with E-state index in [-0.39, 0.29) is 0 Å². The zero-order chi connectivity index (χ0) is 9.84. The van der Waals surface area contributed by atoms with Gasteiger partial charge in [-0.15, -0.1) is 0 Å². The number of rotatable bonds is 3. The van der Waals surface area contributed by atoms with Crippen molar-refractivity contribution in [3.63, 3.8) is 0 Å². The molecule has 72 valence electrons. The molecule has 0 saturated heterocycles. The standard InChI is InChI=1S/C11H18N2/c1-9(12-2)10-5-7-11(8-6-10)13(3)4/h5-9,12H,1-4H3. The third kappa shape index (κ3) is 2.46. The summed E-state index contributed by atoms with van der Waals surface area (Å²) < 4.78 is 0. The molecule has 0 aromatic heterocycles. The smallest absolute Gasteiger partial charge is 0.0361 e. The third-order valence-corrected chi connectivity index (χ3v) is 2.34. The number of nitrogens with zero attached hydrogens (tertiary/aromatic N) is 1. The van der Waals surface area contributed by atoms with Crippen molar-refractivity contribution in [2.45, 2.75) is 13.0 Å². The molecule has 1 unspecified atom stereocenters. The van der Waals surface area contributed by atoms with Crippen molar-refractivity contribution < 1.29 is 0 Å². The van der Waals surface area contributed by atoms with E-state index in [1.807, 2.05) is 7.05 Å². The quantitative estimate of drug-likeness (QED) is 0.762. The molecule has 1 aromatic carbocycles. The maximum absolute atomic E-state index is 3.22. The van der Waals surface area contributed by atoms with Gasteiger partial charge in [0.25, 0.3) is 0 Å². The Labute approximate surface area is 80.6 Å². The van der Waals surface area contributed by atoms with Crippen LogP contribution in [0.3, 0.4) is 0 Å². The molecule has 0 bridgehead atoms. The van der Waals surface area contributed by atoms with Crippen LogP contribution in [0.2, 0.25) is 0 Å². The van der Waals surface area contributed by atoms with E-state index >= 15 is 0 Å². The minimum atomic E-state index is 0.427. The van der Waals surface area contributed by atoms with Crippen molar-refractivity contribution >= 4 is 5.69 Å². The Balaban J connectivity index is 2.81. The average Bonchev–Trinajstić information content (AvgIpc) is 2.17. The van der Waals surface area contributed by atoms with Gasteiger partial charge >= 0.3 is 0 Å². The van der Waals surface area contributed by atoms with Gasteiger partial charge in [0.2, 0.25) is 0 Å². The summed E-state index contributed by atoms with van der Waals surface area (Å²) >= 11 is 0. The number of hydrogen-bond donors (Lipinski definition) is 1. The molecule has 1 atom stereocenters. The molecule has 0 aliphatic carbocycles. The summed E-state index contributed by atoms with van der Waals surface area (Å²) in [5.74, 6) is 0. The molecule has 0 radical (unpaired) electrons. The first-order valence-electron chi connectivity index (χ1n) is 4.59. The summed E-state index contributed by atoms with van der Waals surface area (Å²) in [5.41, 5.74) is 2.57. The minimum absolute atomic E-state index is 0.427. The lowest BCUT2D eigenvalue weighted by Crippen LogP contribution is -2.13. The molecule has 0 spiro atoms. The van der Waals surface area contributed by atoms with Crippen LogP contribution < -0.4 is 10.2 Å². The molecule has 0 saturated carbocycles. The average molecular weight is 178 g/mol. The Morgan fingerprint density at radius 2 is 1.69 bits per heavy atom. The van der Waals surface area contributed by atoms with Gasteiger partial charge in [0, 0.05) is 25.8 Å². The maximum Gasteiger partial charge on any atom is 0.0361 e. The van der Waals surface area contributed by atoms with E-state index in [4.69, 9.17) is 0 Å². The summed E-state index contributed by atoms with van der Waals surface area (Å²) in [5, 5.41) is 3.22. The van der Waals surface area contributed by atoms with Crippen molar-refractivity contribution in [1.29, 1.82) is 0 Å². The topological polar surface area (TPSA) is 15.3 Å². The predicted octanol–water partition coefficient (Wildman–Crippen LogP) is 2.03. The maximum atomic E-state index is 3.22. The highest BCUT2D eigenvalue weighted by Gasteiger charge is 2.01. The van der Waals surface area contributed by atoms with E-state index in [1.165, 1.54) is 11.3 Å². The Morgan fingerprint density at radius 1 is 1.15 bits per heavy atom. The van der Waals surface area contributed by atoms with Gasteiger partial charge in [-0.25, -0.2) is 0 Å². The first-order chi connectivity index (χ1) is 6.15. The molecule has 2 heteroatoms. The minimum Gasteiger partial charge on any atom is -0.378 e. The molecule has 1 N–H and O–H groups in total. The summed E-state index contributed by atoms with van der Waals surface area (Å²) in [6.07, 6.45) is 0. The van der Waals surface area contributed by atoms with E-state index < -0.39 is 0 Å². The molecule has 0 heterocycles. The third-order valence-electron chi connectivity index (χ3n) is 2.34. The van der Waals surface area contributed by atoms with Crippen LogP contribution in [-0.4, -0.2) is 21.1 Å². The highest BCUT2D eigenvalue weighted by Crippen LogP contribution is 2.16. The fourth-order valence-electron chi connectivity index (χ4n) is 1.23. The molecular formula is C11H18N2. The van der Waals surface area contributed by atoms with Crippen LogP contribution in [0, 0.1) is 0 Å². The summed E-state index contributed by atoms with van der Waals surface area (Å²) in [4.78, 5) is 2.10. The van der Waals surface area contributed by atoms with Crippen LogP contribution in [0.5, 0.6) is 0 Å². The van der Waals surface area contributed by atoms with E-state index in [9.17, 15) is 0 Å². The highest BCUT2D eigenvalue weighted by atomic mass is 15.1. The molecule has 0 amide bonds. The summed E-state index contributed by atoms with van der Waals surface area (Å²) in [7, 11) is 6.08. The normalized spacial score (nSPS) is 12.6. The highest BCUT2D eigenvalue weighted by molar-refractivity contribution is 5.46. The number of benzene rings is 1. The van der Waals surface area contributed by atoms with Gasteiger partial charge in [-0.1, -0.05) is 12.1 Å². The number of anilines is 1. The van der Waals surface area contributed by atoms with Crippen LogP contribution in [0.1, 0.15) is 18.5 Å². The van der Waals surface area contributed by atoms with Crippen LogP contribution in [0.15, 0.2) is 24.3 Å². The van der Waals surface area contributed by atoms with E-state index in [2.05, 4.69) is 55.5 Å². The molecule has 1 aromatic rings. The van der Waals surface area contributed by atoms with Crippen LogP contribution in [0.4, 0.5) is 5.69 Å². The van der Waals surface area contributed by atoms with E-state index in [0.717, 1.165) is 0 Å². The van der Waals surface area contributed by atoms with Crippen molar-refractivity contribution in [2.75, 3.05) is 26.0 Å². The second-order valence-electron chi connectivity index (χ2n) is 3.50. The largest absolute Gasteiger partial charge is 0.378 e. The van der Waals surface area contributed by atoms with Crippen LogP contribution in [0.25, 0.3) is 0 Å². The van der Waals surface area contributed by atoms with Gasteiger partial charge in [-0.05, 0) is 31.7 Å². The first-order valence-corrected chi connectivity index (χ1v) is 4.59.